The Morgan fingerprint density at radius 2 is 1.14 bits per heavy atom. The Morgan fingerprint density at radius 1 is 0.500 bits per heavy atom. The Balaban J connectivity index is 1.07. The summed E-state index contributed by atoms with van der Waals surface area (Å²) in [6.07, 6.45) is 10.5. The van der Waals surface area contributed by atoms with Crippen LogP contribution in [0.3, 0.4) is 0 Å². The van der Waals surface area contributed by atoms with Crippen LogP contribution in [0.1, 0.15) is 35.1 Å². The van der Waals surface area contributed by atoms with E-state index in [1.54, 1.807) is 0 Å². The second-order valence-corrected chi connectivity index (χ2v) is 14.9. The van der Waals surface area contributed by atoms with Crippen molar-refractivity contribution < 1.29 is 4.42 Å². The Labute approximate surface area is 339 Å². The number of allylic oxidation sites excluding steroid dienone is 4. The molecule has 276 valence electrons. The van der Waals surface area contributed by atoms with Crippen LogP contribution in [0.4, 0.5) is 17.1 Å². The van der Waals surface area contributed by atoms with Crippen molar-refractivity contribution in [3.63, 3.8) is 0 Å². The van der Waals surface area contributed by atoms with Crippen molar-refractivity contribution >= 4 is 73.1 Å². The van der Waals surface area contributed by atoms with Crippen LogP contribution in [0.15, 0.2) is 206 Å². The summed E-state index contributed by atoms with van der Waals surface area (Å²) >= 11 is 0. The lowest BCUT2D eigenvalue weighted by molar-refractivity contribution is 0.669. The van der Waals surface area contributed by atoms with Gasteiger partial charge in [0.2, 0.25) is 0 Å². The molecule has 0 fully saturated rings. The quantitative estimate of drug-likeness (QED) is 0.146. The highest BCUT2D eigenvalue weighted by molar-refractivity contribution is 6.11. The lowest BCUT2D eigenvalue weighted by Crippen LogP contribution is -2.11. The second-order valence-electron chi connectivity index (χ2n) is 14.9. The number of hydrogen-bond donors (Lipinski definition) is 0. The van der Waals surface area contributed by atoms with Gasteiger partial charge in [0.25, 0.3) is 0 Å². The van der Waals surface area contributed by atoms with Crippen molar-refractivity contribution in [2.45, 2.75) is 12.8 Å². The predicted molar refractivity (Wildman–Crippen MR) is 249 cm³/mol. The Bertz CT molecular complexity index is 3070. The van der Waals surface area contributed by atoms with Crippen LogP contribution in [-0.2, 0) is 0 Å². The van der Waals surface area contributed by atoms with Crippen LogP contribution in [0.5, 0.6) is 0 Å². The zero-order valence-corrected chi connectivity index (χ0v) is 32.2. The lowest BCUT2D eigenvalue weighted by atomic mass is 9.87. The maximum absolute atomic E-state index is 6.40. The molecule has 0 saturated carbocycles. The Hall–Kier alpha value is -7.42. The van der Waals surface area contributed by atoms with Crippen LogP contribution in [0, 0.1) is 0 Å². The molecule has 58 heavy (non-hydrogen) atoms. The van der Waals surface area contributed by atoms with Crippen LogP contribution >= 0.6 is 0 Å². The van der Waals surface area contributed by atoms with Gasteiger partial charge in [0.1, 0.15) is 11.2 Å². The van der Waals surface area contributed by atoms with E-state index in [0.717, 1.165) is 74.1 Å². The summed E-state index contributed by atoms with van der Waals surface area (Å²) < 4.78 is 6.40. The van der Waals surface area contributed by atoms with E-state index in [1.807, 2.05) is 12.2 Å². The molecule has 0 unspecified atom stereocenters. The molecule has 0 atom stereocenters. The van der Waals surface area contributed by atoms with Crippen LogP contribution in [0.25, 0.3) is 78.3 Å². The third-order valence-corrected chi connectivity index (χ3v) is 11.5. The van der Waals surface area contributed by atoms with Gasteiger partial charge in [-0.2, -0.15) is 0 Å². The molecular weight excluding hydrogens is 703 g/mol. The highest BCUT2D eigenvalue weighted by atomic mass is 16.3. The van der Waals surface area contributed by atoms with Gasteiger partial charge in [-0.15, -0.1) is 0 Å². The fourth-order valence-electron chi connectivity index (χ4n) is 8.59. The Morgan fingerprint density at radius 3 is 1.90 bits per heavy atom. The third kappa shape index (κ3) is 6.35. The summed E-state index contributed by atoms with van der Waals surface area (Å²) in [6, 6.07) is 63.1. The minimum atomic E-state index is 0.888. The summed E-state index contributed by atoms with van der Waals surface area (Å²) in [6.45, 7) is 8.17. The molecule has 0 amide bonds. The van der Waals surface area contributed by atoms with Gasteiger partial charge in [-0.05, 0) is 128 Å². The zero-order chi connectivity index (χ0) is 39.0. The summed E-state index contributed by atoms with van der Waals surface area (Å²) in [5.74, 6) is 0. The van der Waals surface area contributed by atoms with Gasteiger partial charge in [-0.3, -0.25) is 0 Å². The molecular formula is C56H41NO. The number of nitrogens with zero attached hydrogens (tertiary/aromatic N) is 1. The van der Waals surface area contributed by atoms with Crippen molar-refractivity contribution in [2.24, 2.45) is 0 Å². The molecule has 0 bridgehead atoms. The Kier molecular flexibility index (Phi) is 9.01. The molecule has 0 saturated heterocycles. The summed E-state index contributed by atoms with van der Waals surface area (Å²) in [5.41, 5.74) is 16.9. The van der Waals surface area contributed by atoms with E-state index in [1.165, 1.54) is 44.2 Å². The molecule has 0 radical (unpaired) electrons. The van der Waals surface area contributed by atoms with Crippen molar-refractivity contribution in [1.29, 1.82) is 0 Å². The fourth-order valence-corrected chi connectivity index (χ4v) is 8.59. The van der Waals surface area contributed by atoms with Crippen LogP contribution < -0.4 is 4.90 Å². The van der Waals surface area contributed by atoms with Crippen molar-refractivity contribution in [3.05, 3.63) is 223 Å². The monoisotopic (exact) mass is 743 g/mol. The zero-order valence-electron chi connectivity index (χ0n) is 32.2. The molecule has 2 nitrogen and oxygen atoms in total. The average Bonchev–Trinajstić information content (AvgIpc) is 3.65. The molecule has 1 aliphatic carbocycles. The number of fused-ring (bicyclic) bond motifs is 4. The van der Waals surface area contributed by atoms with E-state index in [9.17, 15) is 0 Å². The molecule has 8 aromatic carbocycles. The van der Waals surface area contributed by atoms with Gasteiger partial charge in [0.05, 0.1) is 5.69 Å². The van der Waals surface area contributed by atoms with Gasteiger partial charge >= 0.3 is 0 Å². The van der Waals surface area contributed by atoms with Crippen molar-refractivity contribution in [3.8, 4) is 22.3 Å². The third-order valence-electron chi connectivity index (χ3n) is 11.5. The molecule has 9 aromatic rings. The van der Waals surface area contributed by atoms with E-state index < -0.39 is 0 Å². The van der Waals surface area contributed by atoms with E-state index in [4.69, 9.17) is 4.42 Å². The van der Waals surface area contributed by atoms with Crippen molar-refractivity contribution in [1.82, 2.24) is 0 Å². The van der Waals surface area contributed by atoms with E-state index >= 15 is 0 Å². The molecule has 0 N–H and O–H groups in total. The second kappa shape index (κ2) is 14.9. The SMILES string of the molecule is C=Cc1cccc(C2=CC(c3ccc(N(c4ccc(-c5ccccc5)cc4)c4ccccc4-c4ccc5oc6cc7ccccc7cc6c5c4)cc3)=CCC2)c1C=C. The molecule has 10 rings (SSSR count). The normalized spacial score (nSPS) is 12.7. The maximum atomic E-state index is 6.40. The minimum absolute atomic E-state index is 0.888. The first-order valence-electron chi connectivity index (χ1n) is 19.9. The van der Waals surface area contributed by atoms with Crippen molar-refractivity contribution in [2.75, 3.05) is 4.90 Å². The average molecular weight is 744 g/mol. The van der Waals surface area contributed by atoms with E-state index in [0.29, 0.717) is 0 Å². The molecule has 0 aliphatic heterocycles. The number of rotatable bonds is 9. The largest absolute Gasteiger partial charge is 0.456 e. The molecule has 1 aromatic heterocycles. The number of benzene rings is 8. The van der Waals surface area contributed by atoms with Gasteiger partial charge in [-0.1, -0.05) is 159 Å². The minimum Gasteiger partial charge on any atom is -0.456 e. The number of furan rings is 1. The topological polar surface area (TPSA) is 16.4 Å². The summed E-state index contributed by atoms with van der Waals surface area (Å²) in [4.78, 5) is 2.38. The number of hydrogen-bond acceptors (Lipinski definition) is 2. The van der Waals surface area contributed by atoms with E-state index in [-0.39, 0.29) is 0 Å². The van der Waals surface area contributed by atoms with Gasteiger partial charge in [-0.25, -0.2) is 0 Å². The standard InChI is InChI=1S/C56H41NO/c1-3-38-18-13-22-50(49(38)4-2)45-20-12-19-42(34-45)41-26-31-48(32-27-41)57(47-29-24-40(25-30-47)39-14-6-5-7-15-39)54-23-11-10-21-51(54)46-28-33-55-52(36-46)53-35-43-16-8-9-17-44(43)37-56(53)58-55/h3-11,13-19,21-37H,1-2,12,20H2. The first kappa shape index (κ1) is 35.0. The first-order valence-corrected chi connectivity index (χ1v) is 19.9. The van der Waals surface area contributed by atoms with E-state index in [2.05, 4.69) is 206 Å². The van der Waals surface area contributed by atoms with Crippen LogP contribution in [-0.4, -0.2) is 0 Å². The molecule has 1 aliphatic rings. The first-order chi connectivity index (χ1) is 28.6. The lowest BCUT2D eigenvalue weighted by Gasteiger charge is -2.28. The molecule has 0 spiro atoms. The predicted octanol–water partition coefficient (Wildman–Crippen LogP) is 16.1. The molecule has 1 heterocycles. The fraction of sp³-hybridized carbons (Fsp3) is 0.0357. The maximum Gasteiger partial charge on any atom is 0.136 e. The summed E-state index contributed by atoms with van der Waals surface area (Å²) in [7, 11) is 0. The van der Waals surface area contributed by atoms with Crippen LogP contribution in [0.2, 0.25) is 0 Å². The number of para-hydroxylation sites is 1. The highest BCUT2D eigenvalue weighted by Gasteiger charge is 2.20. The van der Waals surface area contributed by atoms with Gasteiger partial charge in [0, 0.05) is 27.7 Å². The van der Waals surface area contributed by atoms with Gasteiger partial charge in [0.15, 0.2) is 0 Å². The van der Waals surface area contributed by atoms with Gasteiger partial charge < -0.3 is 9.32 Å². The smallest absolute Gasteiger partial charge is 0.136 e. The highest BCUT2D eigenvalue weighted by Crippen LogP contribution is 2.44. The summed E-state index contributed by atoms with van der Waals surface area (Å²) in [5, 5.41) is 4.62. The molecule has 2 heteroatoms. The number of anilines is 3.